The molecule has 0 radical (unpaired) electrons. The first-order valence-corrected chi connectivity index (χ1v) is 7.39. The molecule has 0 aromatic heterocycles. The third kappa shape index (κ3) is 4.10. The number of carboxylic acids is 1. The first-order valence-electron chi connectivity index (χ1n) is 7.39. The molecule has 2 aromatic carbocycles. The molecule has 0 heterocycles. The number of aryl methyl sites for hydroxylation is 4. The topological polar surface area (TPSA) is 46.5 Å². The van der Waals surface area contributed by atoms with Crippen LogP contribution in [0.3, 0.4) is 0 Å². The number of ether oxygens (including phenoxy) is 1. The molecule has 0 bridgehead atoms. The van der Waals surface area contributed by atoms with E-state index in [1.807, 2.05) is 64.1 Å². The zero-order valence-corrected chi connectivity index (χ0v) is 13.5. The van der Waals surface area contributed by atoms with Crippen molar-refractivity contribution in [3.63, 3.8) is 0 Å². The van der Waals surface area contributed by atoms with Crippen molar-refractivity contribution in [2.24, 2.45) is 0 Å². The lowest BCUT2D eigenvalue weighted by Crippen LogP contribution is -2.29. The summed E-state index contributed by atoms with van der Waals surface area (Å²) >= 11 is 0. The lowest BCUT2D eigenvalue weighted by Gasteiger charge is -2.17. The van der Waals surface area contributed by atoms with E-state index in [0.29, 0.717) is 12.2 Å². The number of rotatable bonds is 5. The first-order chi connectivity index (χ1) is 10.3. The van der Waals surface area contributed by atoms with E-state index in [4.69, 9.17) is 4.74 Å². The highest BCUT2D eigenvalue weighted by molar-refractivity contribution is 5.73. The lowest BCUT2D eigenvalue weighted by atomic mass is 10.0. The number of carbonyl (C=O) groups is 1. The van der Waals surface area contributed by atoms with Crippen LogP contribution in [-0.4, -0.2) is 17.2 Å². The Bertz CT molecular complexity index is 669. The Hall–Kier alpha value is -2.29. The van der Waals surface area contributed by atoms with Gasteiger partial charge in [0.2, 0.25) is 0 Å². The summed E-state index contributed by atoms with van der Waals surface area (Å²) in [6, 6.07) is 11.8. The van der Waals surface area contributed by atoms with Crippen molar-refractivity contribution in [3.05, 3.63) is 64.2 Å². The Morgan fingerprint density at radius 3 is 2.18 bits per heavy atom. The normalized spacial score (nSPS) is 12.0. The standard InChI is InChI=1S/C19H22O3/c1-12-7-13(2)9-17(8-12)22-18(19(20)21)11-16-6-5-14(3)15(4)10-16/h5-10,18H,11H2,1-4H3,(H,20,21)/t18-/m1/s1. The van der Waals surface area contributed by atoms with E-state index in [1.165, 1.54) is 5.56 Å². The van der Waals surface area contributed by atoms with Crippen LogP contribution in [0.2, 0.25) is 0 Å². The minimum atomic E-state index is -0.947. The summed E-state index contributed by atoms with van der Waals surface area (Å²) < 4.78 is 5.71. The van der Waals surface area contributed by atoms with Crippen molar-refractivity contribution >= 4 is 5.97 Å². The Kier molecular flexibility index (Phi) is 4.86. The van der Waals surface area contributed by atoms with Gasteiger partial charge >= 0.3 is 5.97 Å². The van der Waals surface area contributed by atoms with Gasteiger partial charge < -0.3 is 9.84 Å². The zero-order valence-electron chi connectivity index (χ0n) is 13.5. The maximum atomic E-state index is 11.5. The summed E-state index contributed by atoms with van der Waals surface area (Å²) in [4.78, 5) is 11.5. The molecule has 2 aromatic rings. The predicted octanol–water partition coefficient (Wildman–Crippen LogP) is 3.99. The summed E-state index contributed by atoms with van der Waals surface area (Å²) in [6.45, 7) is 8.01. The fourth-order valence-corrected chi connectivity index (χ4v) is 2.49. The van der Waals surface area contributed by atoms with Crippen molar-refractivity contribution < 1.29 is 14.6 Å². The molecule has 0 aliphatic carbocycles. The molecular formula is C19H22O3. The largest absolute Gasteiger partial charge is 0.478 e. The number of aliphatic carboxylic acids is 1. The van der Waals surface area contributed by atoms with Crippen LogP contribution in [0, 0.1) is 27.7 Å². The molecule has 0 saturated carbocycles. The van der Waals surface area contributed by atoms with E-state index in [-0.39, 0.29) is 0 Å². The fraction of sp³-hybridized carbons (Fsp3) is 0.316. The van der Waals surface area contributed by atoms with Gasteiger partial charge in [0.15, 0.2) is 6.10 Å². The monoisotopic (exact) mass is 298 g/mol. The number of benzene rings is 2. The zero-order chi connectivity index (χ0) is 16.3. The van der Waals surface area contributed by atoms with Crippen LogP contribution in [0.25, 0.3) is 0 Å². The number of carboxylic acid groups (broad SMARTS) is 1. The van der Waals surface area contributed by atoms with Crippen LogP contribution in [0.1, 0.15) is 27.8 Å². The van der Waals surface area contributed by atoms with E-state index in [9.17, 15) is 9.90 Å². The van der Waals surface area contributed by atoms with E-state index in [0.717, 1.165) is 22.3 Å². The molecule has 0 spiro atoms. The van der Waals surface area contributed by atoms with Crippen LogP contribution in [0.5, 0.6) is 5.75 Å². The molecule has 3 heteroatoms. The highest BCUT2D eigenvalue weighted by Gasteiger charge is 2.20. The fourth-order valence-electron chi connectivity index (χ4n) is 2.49. The SMILES string of the molecule is Cc1cc(C)cc(O[C@H](Cc2ccc(C)c(C)c2)C(=O)O)c1. The third-order valence-corrected chi connectivity index (χ3v) is 3.74. The Labute approximate surface area is 131 Å². The van der Waals surface area contributed by atoms with Gasteiger partial charge in [-0.1, -0.05) is 24.3 Å². The summed E-state index contributed by atoms with van der Waals surface area (Å²) in [6.07, 6.45) is -0.535. The molecular weight excluding hydrogens is 276 g/mol. The second-order valence-electron chi connectivity index (χ2n) is 5.89. The van der Waals surface area contributed by atoms with Gasteiger partial charge in [0.05, 0.1) is 0 Å². The third-order valence-electron chi connectivity index (χ3n) is 3.74. The van der Waals surface area contributed by atoms with Crippen LogP contribution >= 0.6 is 0 Å². The molecule has 1 N–H and O–H groups in total. The minimum absolute atomic E-state index is 0.351. The highest BCUT2D eigenvalue weighted by Crippen LogP contribution is 2.20. The van der Waals surface area contributed by atoms with Gasteiger partial charge in [-0.15, -0.1) is 0 Å². The van der Waals surface area contributed by atoms with Crippen molar-refractivity contribution in [2.45, 2.75) is 40.2 Å². The average Bonchev–Trinajstić information content (AvgIpc) is 2.41. The van der Waals surface area contributed by atoms with Crippen molar-refractivity contribution in [3.8, 4) is 5.75 Å². The molecule has 0 aliphatic heterocycles. The van der Waals surface area contributed by atoms with Gasteiger partial charge in [-0.3, -0.25) is 0 Å². The Balaban J connectivity index is 2.19. The molecule has 0 fully saturated rings. The van der Waals surface area contributed by atoms with E-state index in [1.54, 1.807) is 0 Å². The van der Waals surface area contributed by atoms with E-state index < -0.39 is 12.1 Å². The molecule has 0 aliphatic rings. The second kappa shape index (κ2) is 6.65. The molecule has 3 nitrogen and oxygen atoms in total. The van der Waals surface area contributed by atoms with Crippen LogP contribution in [0.4, 0.5) is 0 Å². The number of hydrogen-bond acceptors (Lipinski definition) is 2. The van der Waals surface area contributed by atoms with Crippen molar-refractivity contribution in [2.75, 3.05) is 0 Å². The Morgan fingerprint density at radius 2 is 1.64 bits per heavy atom. The van der Waals surface area contributed by atoms with Gasteiger partial charge in [0.25, 0.3) is 0 Å². The smallest absolute Gasteiger partial charge is 0.345 e. The van der Waals surface area contributed by atoms with Crippen LogP contribution in [-0.2, 0) is 11.2 Å². The maximum Gasteiger partial charge on any atom is 0.345 e. The quantitative estimate of drug-likeness (QED) is 0.907. The summed E-state index contributed by atoms with van der Waals surface area (Å²) in [5.41, 5.74) is 5.45. The molecule has 0 unspecified atom stereocenters. The van der Waals surface area contributed by atoms with E-state index in [2.05, 4.69) is 0 Å². The van der Waals surface area contributed by atoms with Gasteiger partial charge in [-0.25, -0.2) is 4.79 Å². The van der Waals surface area contributed by atoms with Crippen LogP contribution in [0.15, 0.2) is 36.4 Å². The predicted molar refractivity (Wildman–Crippen MR) is 87.6 cm³/mol. The Morgan fingerprint density at radius 1 is 1.00 bits per heavy atom. The summed E-state index contributed by atoms with van der Waals surface area (Å²) in [7, 11) is 0. The van der Waals surface area contributed by atoms with Gasteiger partial charge in [0, 0.05) is 6.42 Å². The molecule has 22 heavy (non-hydrogen) atoms. The molecule has 2 rings (SSSR count). The lowest BCUT2D eigenvalue weighted by molar-refractivity contribution is -0.145. The van der Waals surface area contributed by atoms with Gasteiger partial charge in [-0.2, -0.15) is 0 Å². The molecule has 116 valence electrons. The summed E-state index contributed by atoms with van der Waals surface area (Å²) in [5, 5.41) is 9.43. The van der Waals surface area contributed by atoms with E-state index >= 15 is 0 Å². The van der Waals surface area contributed by atoms with Gasteiger partial charge in [-0.05, 0) is 67.6 Å². The number of hydrogen-bond donors (Lipinski definition) is 1. The van der Waals surface area contributed by atoms with Gasteiger partial charge in [0.1, 0.15) is 5.75 Å². The minimum Gasteiger partial charge on any atom is -0.478 e. The van der Waals surface area contributed by atoms with Crippen molar-refractivity contribution in [1.82, 2.24) is 0 Å². The average molecular weight is 298 g/mol. The summed E-state index contributed by atoms with van der Waals surface area (Å²) in [5.74, 6) is -0.342. The molecule has 0 saturated heterocycles. The first kappa shape index (κ1) is 16.1. The highest BCUT2D eigenvalue weighted by atomic mass is 16.5. The van der Waals surface area contributed by atoms with Crippen molar-refractivity contribution in [1.29, 1.82) is 0 Å². The second-order valence-corrected chi connectivity index (χ2v) is 5.89. The maximum absolute atomic E-state index is 11.5. The van der Waals surface area contributed by atoms with Crippen LogP contribution < -0.4 is 4.74 Å². The molecule has 1 atom stereocenters. The molecule has 0 amide bonds.